The monoisotopic (exact) mass is 382 g/mol. The minimum atomic E-state index is -0.0696. The third-order valence-electron chi connectivity index (χ3n) is 4.76. The smallest absolute Gasteiger partial charge is 0.226 e. The van der Waals surface area contributed by atoms with Crippen LogP contribution in [0.25, 0.3) is 5.82 Å². The summed E-state index contributed by atoms with van der Waals surface area (Å²) < 4.78 is 1.66. The molecule has 0 aliphatic heterocycles. The fourth-order valence-electron chi connectivity index (χ4n) is 3.42. The molecule has 5 heteroatoms. The van der Waals surface area contributed by atoms with Gasteiger partial charge in [-0.25, -0.2) is 4.98 Å². The Morgan fingerprint density at radius 1 is 0.931 bits per heavy atom. The maximum absolute atomic E-state index is 13.0. The molecule has 0 aliphatic carbocycles. The molecule has 29 heavy (non-hydrogen) atoms. The number of amides is 1. The average molecular weight is 382 g/mol. The third kappa shape index (κ3) is 4.41. The first-order valence-corrected chi connectivity index (χ1v) is 9.58. The highest BCUT2D eigenvalue weighted by Gasteiger charge is 2.19. The molecule has 0 atom stereocenters. The van der Waals surface area contributed by atoms with Crippen LogP contribution in [0, 0.1) is 6.92 Å². The number of pyridine rings is 1. The van der Waals surface area contributed by atoms with Crippen molar-refractivity contribution in [3.8, 4) is 5.82 Å². The number of aryl methyl sites for hydroxylation is 1. The molecule has 0 saturated carbocycles. The Labute approximate surface area is 170 Å². The average Bonchev–Trinajstić information content (AvgIpc) is 3.14. The summed E-state index contributed by atoms with van der Waals surface area (Å²) in [7, 11) is 0. The highest BCUT2D eigenvalue weighted by atomic mass is 16.1. The lowest BCUT2D eigenvalue weighted by Gasteiger charge is -2.18. The number of hydrogen-bond donors (Lipinski definition) is 1. The maximum Gasteiger partial charge on any atom is 0.226 e. The van der Waals surface area contributed by atoms with Crippen LogP contribution in [-0.2, 0) is 4.79 Å². The molecule has 2 aromatic carbocycles. The Kier molecular flexibility index (Phi) is 5.47. The van der Waals surface area contributed by atoms with Gasteiger partial charge in [-0.05, 0) is 30.2 Å². The molecule has 5 nitrogen and oxygen atoms in total. The lowest BCUT2D eigenvalue weighted by atomic mass is 9.88. The standard InChI is InChI=1S/C24H22N4O/c1-18-16-23(28(27-18)22-14-8-9-15-25-22)26-24(29)17-21(19-10-4-2-5-11-19)20-12-6-3-7-13-20/h2-16,21H,17H2,1H3,(H,26,29). The Morgan fingerprint density at radius 2 is 1.55 bits per heavy atom. The minimum absolute atomic E-state index is 0.0234. The zero-order chi connectivity index (χ0) is 20.1. The summed E-state index contributed by atoms with van der Waals surface area (Å²) in [4.78, 5) is 17.3. The van der Waals surface area contributed by atoms with Crippen molar-refractivity contribution in [3.05, 3.63) is 108 Å². The topological polar surface area (TPSA) is 59.8 Å². The molecule has 2 heterocycles. The summed E-state index contributed by atoms with van der Waals surface area (Å²) >= 11 is 0. The number of anilines is 1. The van der Waals surface area contributed by atoms with Crippen LogP contribution in [0.2, 0.25) is 0 Å². The molecule has 4 aromatic rings. The van der Waals surface area contributed by atoms with E-state index in [-0.39, 0.29) is 11.8 Å². The van der Waals surface area contributed by atoms with E-state index >= 15 is 0 Å². The van der Waals surface area contributed by atoms with Crippen molar-refractivity contribution in [1.29, 1.82) is 0 Å². The molecule has 0 aliphatic rings. The van der Waals surface area contributed by atoms with Crippen LogP contribution in [0.4, 0.5) is 5.82 Å². The normalized spacial score (nSPS) is 10.8. The number of carbonyl (C=O) groups excluding carboxylic acids is 1. The highest BCUT2D eigenvalue weighted by Crippen LogP contribution is 2.28. The van der Waals surface area contributed by atoms with Gasteiger partial charge in [0.05, 0.1) is 5.69 Å². The number of carbonyl (C=O) groups is 1. The van der Waals surface area contributed by atoms with E-state index in [1.807, 2.05) is 67.6 Å². The summed E-state index contributed by atoms with van der Waals surface area (Å²) in [6.07, 6.45) is 2.04. The van der Waals surface area contributed by atoms with Gasteiger partial charge in [-0.2, -0.15) is 9.78 Å². The van der Waals surface area contributed by atoms with Crippen molar-refractivity contribution < 1.29 is 4.79 Å². The molecule has 0 spiro atoms. The van der Waals surface area contributed by atoms with E-state index in [9.17, 15) is 4.79 Å². The van der Waals surface area contributed by atoms with Gasteiger partial charge >= 0.3 is 0 Å². The molecule has 0 bridgehead atoms. The largest absolute Gasteiger partial charge is 0.310 e. The molecule has 0 unspecified atom stereocenters. The molecular formula is C24H22N4O. The van der Waals surface area contributed by atoms with Crippen LogP contribution < -0.4 is 5.32 Å². The van der Waals surface area contributed by atoms with E-state index < -0.39 is 0 Å². The van der Waals surface area contributed by atoms with E-state index in [0.717, 1.165) is 16.8 Å². The van der Waals surface area contributed by atoms with Crippen molar-refractivity contribution in [3.63, 3.8) is 0 Å². The van der Waals surface area contributed by atoms with Gasteiger partial charge in [-0.1, -0.05) is 66.7 Å². The predicted molar refractivity (Wildman–Crippen MR) is 114 cm³/mol. The Hall–Kier alpha value is -3.73. The van der Waals surface area contributed by atoms with Crippen LogP contribution in [0.1, 0.15) is 29.2 Å². The van der Waals surface area contributed by atoms with Gasteiger partial charge in [0.1, 0.15) is 5.82 Å². The number of rotatable bonds is 6. The van der Waals surface area contributed by atoms with Crippen LogP contribution >= 0.6 is 0 Å². The second-order valence-electron chi connectivity index (χ2n) is 6.90. The van der Waals surface area contributed by atoms with E-state index in [2.05, 4.69) is 39.7 Å². The highest BCUT2D eigenvalue weighted by molar-refractivity contribution is 5.91. The fraction of sp³-hybridized carbons (Fsp3) is 0.125. The molecular weight excluding hydrogens is 360 g/mol. The number of aromatic nitrogens is 3. The summed E-state index contributed by atoms with van der Waals surface area (Å²) in [5, 5.41) is 7.49. The number of nitrogens with one attached hydrogen (secondary N) is 1. The quantitative estimate of drug-likeness (QED) is 0.524. The first-order chi connectivity index (χ1) is 14.2. The number of nitrogens with zero attached hydrogens (tertiary/aromatic N) is 3. The van der Waals surface area contributed by atoms with Crippen molar-refractivity contribution in [1.82, 2.24) is 14.8 Å². The summed E-state index contributed by atoms with van der Waals surface area (Å²) in [5.41, 5.74) is 3.04. The molecule has 4 rings (SSSR count). The van der Waals surface area contributed by atoms with Crippen molar-refractivity contribution in [2.75, 3.05) is 5.32 Å². The summed E-state index contributed by atoms with van der Waals surface area (Å²) in [6, 6.07) is 27.7. The Balaban J connectivity index is 1.59. The summed E-state index contributed by atoms with van der Waals surface area (Å²) in [5.74, 6) is 1.19. The van der Waals surface area contributed by atoms with Crippen molar-refractivity contribution >= 4 is 11.7 Å². The van der Waals surface area contributed by atoms with Gasteiger partial charge in [0.25, 0.3) is 0 Å². The molecule has 2 aromatic heterocycles. The van der Waals surface area contributed by atoms with Crippen LogP contribution in [0.15, 0.2) is 91.1 Å². The molecule has 1 N–H and O–H groups in total. The Morgan fingerprint density at radius 3 is 2.14 bits per heavy atom. The zero-order valence-corrected chi connectivity index (χ0v) is 16.2. The van der Waals surface area contributed by atoms with Crippen LogP contribution in [0.3, 0.4) is 0 Å². The first kappa shape index (κ1) is 18.6. The lowest BCUT2D eigenvalue weighted by Crippen LogP contribution is -2.18. The molecule has 0 fully saturated rings. The van der Waals surface area contributed by atoms with E-state index in [0.29, 0.717) is 18.1 Å². The fourth-order valence-corrected chi connectivity index (χ4v) is 3.42. The first-order valence-electron chi connectivity index (χ1n) is 9.58. The zero-order valence-electron chi connectivity index (χ0n) is 16.2. The van der Waals surface area contributed by atoms with Gasteiger partial charge in [0.2, 0.25) is 5.91 Å². The Bertz CT molecular complexity index is 1040. The van der Waals surface area contributed by atoms with Crippen molar-refractivity contribution in [2.45, 2.75) is 19.3 Å². The second-order valence-corrected chi connectivity index (χ2v) is 6.90. The number of benzene rings is 2. The van der Waals surface area contributed by atoms with Crippen LogP contribution in [-0.4, -0.2) is 20.7 Å². The molecule has 1 amide bonds. The minimum Gasteiger partial charge on any atom is -0.310 e. The van der Waals surface area contributed by atoms with Crippen molar-refractivity contribution in [2.24, 2.45) is 0 Å². The van der Waals surface area contributed by atoms with Gasteiger partial charge < -0.3 is 5.32 Å². The van der Waals surface area contributed by atoms with Gasteiger partial charge in [-0.3, -0.25) is 4.79 Å². The maximum atomic E-state index is 13.0. The molecule has 0 radical (unpaired) electrons. The van der Waals surface area contributed by atoms with Gasteiger partial charge in [-0.15, -0.1) is 0 Å². The lowest BCUT2D eigenvalue weighted by molar-refractivity contribution is -0.116. The van der Waals surface area contributed by atoms with Gasteiger partial charge in [0.15, 0.2) is 5.82 Å². The predicted octanol–water partition coefficient (Wildman–Crippen LogP) is 4.74. The molecule has 144 valence electrons. The van der Waals surface area contributed by atoms with E-state index in [1.165, 1.54) is 0 Å². The summed E-state index contributed by atoms with van der Waals surface area (Å²) in [6.45, 7) is 1.89. The SMILES string of the molecule is Cc1cc(NC(=O)CC(c2ccccc2)c2ccccc2)n(-c2ccccn2)n1. The van der Waals surface area contributed by atoms with Gasteiger partial charge in [0, 0.05) is 24.6 Å². The third-order valence-corrected chi connectivity index (χ3v) is 4.76. The molecule has 0 saturated heterocycles. The number of hydrogen-bond acceptors (Lipinski definition) is 3. The van der Waals surface area contributed by atoms with E-state index in [1.54, 1.807) is 10.9 Å². The van der Waals surface area contributed by atoms with E-state index in [4.69, 9.17) is 0 Å². The van der Waals surface area contributed by atoms with Crippen LogP contribution in [0.5, 0.6) is 0 Å². The second kappa shape index (κ2) is 8.52.